The van der Waals surface area contributed by atoms with Gasteiger partial charge < -0.3 is 21.5 Å². The monoisotopic (exact) mass is 411 g/mol. The smallest absolute Gasteiger partial charge is 0.167 e. The van der Waals surface area contributed by atoms with Crippen LogP contribution in [0.3, 0.4) is 0 Å². The Balaban J connectivity index is 1.60. The minimum atomic E-state index is 0.567. The van der Waals surface area contributed by atoms with E-state index in [4.69, 9.17) is 16.2 Å². The van der Waals surface area contributed by atoms with E-state index in [1.165, 1.54) is 70.6 Å². The van der Waals surface area contributed by atoms with Gasteiger partial charge in [0.2, 0.25) is 0 Å². The summed E-state index contributed by atoms with van der Waals surface area (Å²) in [6.45, 7) is 2.93. The average molecular weight is 412 g/mol. The van der Waals surface area contributed by atoms with E-state index in [9.17, 15) is 0 Å². The third-order valence-electron chi connectivity index (χ3n) is 5.52. The Bertz CT molecular complexity index is 703. The van der Waals surface area contributed by atoms with Crippen molar-refractivity contribution in [2.75, 3.05) is 23.4 Å². The van der Waals surface area contributed by atoms with Crippen LogP contribution in [0, 0.1) is 0 Å². The largest absolute Gasteiger partial charge is 0.489 e. The van der Waals surface area contributed by atoms with Crippen LogP contribution in [0.4, 0.5) is 22.7 Å². The minimum absolute atomic E-state index is 0.567. The van der Waals surface area contributed by atoms with Crippen LogP contribution in [0.5, 0.6) is 5.75 Å². The van der Waals surface area contributed by atoms with E-state index in [0.717, 1.165) is 17.8 Å². The molecule has 30 heavy (non-hydrogen) atoms. The molecule has 0 spiro atoms. The van der Waals surface area contributed by atoms with Crippen molar-refractivity contribution in [1.82, 2.24) is 0 Å². The molecule has 2 aromatic carbocycles. The second-order valence-corrected chi connectivity index (χ2v) is 8.17. The quantitative estimate of drug-likeness (QED) is 0.196. The van der Waals surface area contributed by atoms with Gasteiger partial charge in [0.1, 0.15) is 5.69 Å². The van der Waals surface area contributed by atoms with Crippen LogP contribution in [0.2, 0.25) is 0 Å². The van der Waals surface area contributed by atoms with Crippen molar-refractivity contribution in [3.05, 3.63) is 42.5 Å². The molecule has 0 radical (unpaired) electrons. The second-order valence-electron chi connectivity index (χ2n) is 8.17. The van der Waals surface area contributed by atoms with Crippen LogP contribution in [-0.4, -0.2) is 6.61 Å². The molecule has 4 heteroatoms. The predicted molar refractivity (Wildman–Crippen MR) is 132 cm³/mol. The van der Waals surface area contributed by atoms with Gasteiger partial charge in [0.25, 0.3) is 0 Å². The molecule has 166 valence electrons. The number of anilines is 4. The Morgan fingerprint density at radius 3 is 1.87 bits per heavy atom. The van der Waals surface area contributed by atoms with Crippen molar-refractivity contribution in [1.29, 1.82) is 0 Å². The molecule has 2 rings (SSSR count). The molecule has 5 N–H and O–H groups in total. The summed E-state index contributed by atoms with van der Waals surface area (Å²) in [6.07, 6.45) is 16.0. The van der Waals surface area contributed by atoms with E-state index in [2.05, 4.69) is 12.2 Å². The van der Waals surface area contributed by atoms with Crippen molar-refractivity contribution in [2.24, 2.45) is 0 Å². The van der Waals surface area contributed by atoms with Crippen LogP contribution in [0.25, 0.3) is 0 Å². The van der Waals surface area contributed by atoms with Crippen molar-refractivity contribution in [3.8, 4) is 5.75 Å². The number of nitrogens with one attached hydrogen (secondary N) is 1. The van der Waals surface area contributed by atoms with Gasteiger partial charge in [0.05, 0.1) is 18.0 Å². The van der Waals surface area contributed by atoms with E-state index in [1.807, 2.05) is 42.5 Å². The molecule has 0 fully saturated rings. The van der Waals surface area contributed by atoms with Gasteiger partial charge in [-0.1, -0.05) is 95.8 Å². The van der Waals surface area contributed by atoms with Crippen molar-refractivity contribution in [3.63, 3.8) is 0 Å². The third kappa shape index (κ3) is 8.98. The maximum Gasteiger partial charge on any atom is 0.167 e. The van der Waals surface area contributed by atoms with Crippen LogP contribution < -0.4 is 21.5 Å². The highest BCUT2D eigenvalue weighted by Crippen LogP contribution is 2.36. The van der Waals surface area contributed by atoms with Crippen molar-refractivity contribution in [2.45, 2.75) is 84.0 Å². The Morgan fingerprint density at radius 2 is 1.27 bits per heavy atom. The van der Waals surface area contributed by atoms with E-state index in [-0.39, 0.29) is 0 Å². The fraction of sp³-hybridized carbons (Fsp3) is 0.538. The zero-order chi connectivity index (χ0) is 21.4. The molecule has 0 bridgehead atoms. The van der Waals surface area contributed by atoms with Gasteiger partial charge in [-0.05, 0) is 30.7 Å². The first-order valence-corrected chi connectivity index (χ1v) is 11.8. The van der Waals surface area contributed by atoms with Crippen LogP contribution in [0.1, 0.15) is 84.0 Å². The van der Waals surface area contributed by atoms with Crippen molar-refractivity contribution >= 4 is 22.7 Å². The zero-order valence-corrected chi connectivity index (χ0v) is 18.8. The van der Waals surface area contributed by atoms with Gasteiger partial charge in [0, 0.05) is 5.69 Å². The fourth-order valence-corrected chi connectivity index (χ4v) is 3.68. The maximum absolute atomic E-state index is 6.31. The molecule has 2 aromatic rings. The average Bonchev–Trinajstić information content (AvgIpc) is 2.76. The van der Waals surface area contributed by atoms with Gasteiger partial charge in [-0.25, -0.2) is 0 Å². The molecular weight excluding hydrogens is 370 g/mol. The summed E-state index contributed by atoms with van der Waals surface area (Å²) in [5, 5.41) is 3.33. The SMILES string of the molecule is CCCCCCCCCCCCCCOc1c(N)ccc(Nc2ccccc2)c1N. The summed E-state index contributed by atoms with van der Waals surface area (Å²) in [6, 6.07) is 13.7. The summed E-state index contributed by atoms with van der Waals surface area (Å²) >= 11 is 0. The highest BCUT2D eigenvalue weighted by Gasteiger charge is 2.11. The first-order valence-electron chi connectivity index (χ1n) is 11.8. The highest BCUT2D eigenvalue weighted by atomic mass is 16.5. The molecule has 0 heterocycles. The number of benzene rings is 2. The Hall–Kier alpha value is -2.36. The summed E-state index contributed by atoms with van der Waals surface area (Å²) in [5.41, 5.74) is 15.4. The lowest BCUT2D eigenvalue weighted by atomic mass is 10.1. The topological polar surface area (TPSA) is 73.3 Å². The molecule has 0 atom stereocenters. The number of hydrogen-bond donors (Lipinski definition) is 3. The van der Waals surface area contributed by atoms with Gasteiger partial charge >= 0.3 is 0 Å². The first kappa shape index (κ1) is 23.9. The van der Waals surface area contributed by atoms with Gasteiger partial charge in [-0.15, -0.1) is 0 Å². The summed E-state index contributed by atoms with van der Waals surface area (Å²) in [4.78, 5) is 0. The minimum Gasteiger partial charge on any atom is -0.489 e. The number of nitrogen functional groups attached to an aromatic ring is 2. The van der Waals surface area contributed by atoms with Gasteiger partial charge in [0.15, 0.2) is 5.75 Å². The zero-order valence-electron chi connectivity index (χ0n) is 18.8. The predicted octanol–water partition coefficient (Wildman–Crippen LogP) is 7.67. The van der Waals surface area contributed by atoms with E-state index in [0.29, 0.717) is 23.7 Å². The molecule has 0 amide bonds. The van der Waals surface area contributed by atoms with Crippen LogP contribution >= 0.6 is 0 Å². The highest BCUT2D eigenvalue weighted by molar-refractivity contribution is 5.83. The fourth-order valence-electron chi connectivity index (χ4n) is 3.68. The van der Waals surface area contributed by atoms with Gasteiger partial charge in [-0.2, -0.15) is 0 Å². The summed E-state index contributed by atoms with van der Waals surface area (Å²) in [5.74, 6) is 0.596. The second kappa shape index (κ2) is 14.6. The Morgan fingerprint density at radius 1 is 0.700 bits per heavy atom. The molecule has 4 nitrogen and oxygen atoms in total. The van der Waals surface area contributed by atoms with E-state index < -0.39 is 0 Å². The number of hydrogen-bond acceptors (Lipinski definition) is 4. The van der Waals surface area contributed by atoms with Crippen LogP contribution in [0.15, 0.2) is 42.5 Å². The van der Waals surface area contributed by atoms with E-state index >= 15 is 0 Å². The number of nitrogens with two attached hydrogens (primary N) is 2. The molecule has 0 aliphatic heterocycles. The molecule has 0 saturated heterocycles. The van der Waals surface area contributed by atoms with E-state index in [1.54, 1.807) is 0 Å². The molecular formula is C26H41N3O. The molecule has 0 aromatic heterocycles. The number of para-hydroxylation sites is 1. The number of unbranched alkanes of at least 4 members (excludes halogenated alkanes) is 11. The normalized spacial score (nSPS) is 10.8. The Kier molecular flexibility index (Phi) is 11.6. The lowest BCUT2D eigenvalue weighted by Crippen LogP contribution is -2.06. The number of rotatable bonds is 16. The summed E-state index contributed by atoms with van der Waals surface area (Å²) < 4.78 is 5.95. The van der Waals surface area contributed by atoms with Crippen LogP contribution in [-0.2, 0) is 0 Å². The number of ether oxygens (including phenoxy) is 1. The Labute approximate surface area is 183 Å². The molecule has 0 aliphatic carbocycles. The van der Waals surface area contributed by atoms with Gasteiger partial charge in [-0.3, -0.25) is 0 Å². The maximum atomic E-state index is 6.31. The third-order valence-corrected chi connectivity index (χ3v) is 5.52. The van der Waals surface area contributed by atoms with Crippen molar-refractivity contribution < 1.29 is 4.74 Å². The first-order chi connectivity index (χ1) is 14.7. The lowest BCUT2D eigenvalue weighted by Gasteiger charge is -2.16. The summed E-state index contributed by atoms with van der Waals surface area (Å²) in [7, 11) is 0. The lowest BCUT2D eigenvalue weighted by molar-refractivity contribution is 0.307. The molecule has 0 aliphatic rings. The molecule has 0 saturated carbocycles. The standard InChI is InChI=1S/C26H41N3O/c1-2-3-4-5-6-7-8-9-10-11-12-16-21-30-26-23(27)19-20-24(25(26)28)29-22-17-14-13-15-18-22/h13-15,17-20,29H,2-12,16,21,27-28H2,1H3. The molecule has 0 unspecified atom stereocenters.